The van der Waals surface area contributed by atoms with E-state index in [9.17, 15) is 9.18 Å². The van der Waals surface area contributed by atoms with E-state index in [1.54, 1.807) is 26.8 Å². The van der Waals surface area contributed by atoms with E-state index in [-0.39, 0.29) is 17.0 Å². The van der Waals surface area contributed by atoms with E-state index < -0.39 is 11.4 Å². The summed E-state index contributed by atoms with van der Waals surface area (Å²) in [4.78, 5) is 11.7. The molecule has 1 amide bonds. The second kappa shape index (κ2) is 5.02. The van der Waals surface area contributed by atoms with Crippen LogP contribution in [0.1, 0.15) is 32.4 Å². The van der Waals surface area contributed by atoms with Crippen LogP contribution in [0.2, 0.25) is 5.02 Å². The minimum Gasteiger partial charge on any atom is -0.348 e. The minimum absolute atomic E-state index is 0.285. The molecule has 3 N–H and O–H groups in total. The van der Waals surface area contributed by atoms with E-state index in [4.69, 9.17) is 17.3 Å². The van der Waals surface area contributed by atoms with Gasteiger partial charge in [-0.25, -0.2) is 4.39 Å². The molecule has 1 atom stereocenters. The Labute approximate surface area is 105 Å². The first-order valence-electron chi connectivity index (χ1n) is 5.26. The molecule has 0 aliphatic carbocycles. The molecule has 0 bridgehead atoms. The third kappa shape index (κ3) is 3.68. The van der Waals surface area contributed by atoms with Gasteiger partial charge < -0.3 is 11.1 Å². The van der Waals surface area contributed by atoms with E-state index in [0.717, 1.165) is 0 Å². The van der Waals surface area contributed by atoms with Gasteiger partial charge in [0.05, 0.1) is 11.6 Å². The molecule has 0 saturated carbocycles. The zero-order valence-electron chi connectivity index (χ0n) is 10.1. The minimum atomic E-state index is -0.958. The molecule has 0 saturated heterocycles. The summed E-state index contributed by atoms with van der Waals surface area (Å²) in [5.41, 5.74) is 5.36. The van der Waals surface area contributed by atoms with Crippen molar-refractivity contribution in [1.82, 2.24) is 5.32 Å². The zero-order valence-corrected chi connectivity index (χ0v) is 10.8. The molecule has 1 unspecified atom stereocenters. The van der Waals surface area contributed by atoms with Crippen molar-refractivity contribution in [2.24, 2.45) is 5.73 Å². The summed E-state index contributed by atoms with van der Waals surface area (Å²) in [5.74, 6) is -0.693. The average Bonchev–Trinajstić information content (AvgIpc) is 2.15. The molecule has 0 radical (unpaired) electrons. The lowest BCUT2D eigenvalue weighted by atomic mass is 10.0. The molecule has 1 aromatic carbocycles. The van der Waals surface area contributed by atoms with Gasteiger partial charge in [0.2, 0.25) is 5.91 Å². The normalized spacial score (nSPS) is 13.3. The summed E-state index contributed by atoms with van der Waals surface area (Å²) in [7, 11) is 0. The molecule has 0 aromatic heterocycles. The van der Waals surface area contributed by atoms with Gasteiger partial charge in [-0.1, -0.05) is 17.7 Å². The molecule has 0 spiro atoms. The number of carbonyl (C=O) groups is 1. The Morgan fingerprint density at radius 1 is 1.53 bits per heavy atom. The van der Waals surface area contributed by atoms with Crippen LogP contribution >= 0.6 is 11.6 Å². The van der Waals surface area contributed by atoms with Crippen molar-refractivity contribution in [1.29, 1.82) is 0 Å². The number of benzene rings is 1. The predicted molar refractivity (Wildman–Crippen MR) is 66.2 cm³/mol. The number of rotatable bonds is 3. The van der Waals surface area contributed by atoms with Crippen LogP contribution in [0, 0.1) is 5.82 Å². The van der Waals surface area contributed by atoms with Gasteiger partial charge >= 0.3 is 0 Å². The molecular weight excluding hydrogens is 243 g/mol. The van der Waals surface area contributed by atoms with Gasteiger partial charge in [-0.2, -0.15) is 0 Å². The third-order valence-electron chi connectivity index (χ3n) is 2.36. The summed E-state index contributed by atoms with van der Waals surface area (Å²) >= 11 is 5.90. The van der Waals surface area contributed by atoms with Crippen LogP contribution in [0.3, 0.4) is 0 Å². The summed E-state index contributed by atoms with van der Waals surface area (Å²) in [6.07, 6.45) is 0. The Hall–Kier alpha value is -1.13. The van der Waals surface area contributed by atoms with Gasteiger partial charge in [0, 0.05) is 5.02 Å². The van der Waals surface area contributed by atoms with E-state index >= 15 is 0 Å². The quantitative estimate of drug-likeness (QED) is 0.875. The maximum atomic E-state index is 12.9. The fourth-order valence-corrected chi connectivity index (χ4v) is 1.64. The lowest BCUT2D eigenvalue weighted by Crippen LogP contribution is -2.49. The Bertz CT molecular complexity index is 429. The second-order valence-corrected chi connectivity index (χ2v) is 4.99. The molecule has 0 fully saturated rings. The fourth-order valence-electron chi connectivity index (χ4n) is 1.31. The number of hydrogen-bond acceptors (Lipinski definition) is 2. The molecule has 1 rings (SSSR count). The largest absolute Gasteiger partial charge is 0.348 e. The molecule has 0 heterocycles. The van der Waals surface area contributed by atoms with Crippen molar-refractivity contribution in [3.8, 4) is 0 Å². The van der Waals surface area contributed by atoms with E-state index in [1.807, 2.05) is 0 Å². The fraction of sp³-hybridized carbons (Fsp3) is 0.417. The lowest BCUT2D eigenvalue weighted by Gasteiger charge is -2.22. The first-order chi connectivity index (χ1) is 7.71. The van der Waals surface area contributed by atoms with E-state index in [2.05, 4.69) is 5.32 Å². The SMILES string of the molecule is CC(NC(=O)C(C)(C)N)c1ccc(F)cc1Cl. The third-order valence-corrected chi connectivity index (χ3v) is 2.69. The molecular formula is C12H16ClFN2O. The van der Waals surface area contributed by atoms with Crippen molar-refractivity contribution in [3.05, 3.63) is 34.6 Å². The highest BCUT2D eigenvalue weighted by Crippen LogP contribution is 2.23. The topological polar surface area (TPSA) is 55.1 Å². The van der Waals surface area contributed by atoms with E-state index in [0.29, 0.717) is 5.56 Å². The highest BCUT2D eigenvalue weighted by atomic mass is 35.5. The molecule has 5 heteroatoms. The first kappa shape index (κ1) is 13.9. The molecule has 3 nitrogen and oxygen atoms in total. The van der Waals surface area contributed by atoms with Crippen molar-refractivity contribution in [2.75, 3.05) is 0 Å². The number of halogens is 2. The number of carbonyl (C=O) groups excluding carboxylic acids is 1. The predicted octanol–water partition coefficient (Wildman–Crippen LogP) is 2.39. The van der Waals surface area contributed by atoms with Crippen LogP contribution < -0.4 is 11.1 Å². The number of hydrogen-bond donors (Lipinski definition) is 2. The van der Waals surface area contributed by atoms with Crippen LogP contribution in [0.15, 0.2) is 18.2 Å². The molecule has 1 aromatic rings. The summed E-state index contributed by atoms with van der Waals surface area (Å²) in [5, 5.41) is 3.01. The van der Waals surface area contributed by atoms with Crippen molar-refractivity contribution < 1.29 is 9.18 Å². The van der Waals surface area contributed by atoms with Crippen molar-refractivity contribution >= 4 is 17.5 Å². The Kier molecular flexibility index (Phi) is 4.11. The Morgan fingerprint density at radius 2 is 2.12 bits per heavy atom. The van der Waals surface area contributed by atoms with Crippen LogP contribution in [0.25, 0.3) is 0 Å². The maximum absolute atomic E-state index is 12.9. The molecule has 94 valence electrons. The number of amides is 1. The van der Waals surface area contributed by atoms with Gasteiger partial charge in [0.15, 0.2) is 0 Å². The molecule has 0 aliphatic rings. The summed E-state index contributed by atoms with van der Waals surface area (Å²) in [6, 6.07) is 3.75. The van der Waals surface area contributed by atoms with Crippen LogP contribution in [-0.2, 0) is 4.79 Å². The summed E-state index contributed by atoms with van der Waals surface area (Å²) < 4.78 is 12.9. The Morgan fingerprint density at radius 3 is 2.59 bits per heavy atom. The highest BCUT2D eigenvalue weighted by Gasteiger charge is 2.24. The van der Waals surface area contributed by atoms with Gasteiger partial charge in [-0.05, 0) is 38.5 Å². The number of nitrogens with one attached hydrogen (secondary N) is 1. The van der Waals surface area contributed by atoms with Crippen LogP contribution in [-0.4, -0.2) is 11.4 Å². The zero-order chi connectivity index (χ0) is 13.2. The first-order valence-corrected chi connectivity index (χ1v) is 5.64. The highest BCUT2D eigenvalue weighted by molar-refractivity contribution is 6.31. The Balaban J connectivity index is 2.84. The monoisotopic (exact) mass is 258 g/mol. The van der Waals surface area contributed by atoms with Crippen LogP contribution in [0.4, 0.5) is 4.39 Å². The standard InChI is InChI=1S/C12H16ClFN2O/c1-7(16-11(17)12(2,3)15)9-5-4-8(14)6-10(9)13/h4-7H,15H2,1-3H3,(H,16,17). The average molecular weight is 259 g/mol. The van der Waals surface area contributed by atoms with Gasteiger partial charge in [0.1, 0.15) is 5.82 Å². The van der Waals surface area contributed by atoms with Crippen molar-refractivity contribution in [3.63, 3.8) is 0 Å². The van der Waals surface area contributed by atoms with E-state index in [1.165, 1.54) is 12.1 Å². The lowest BCUT2D eigenvalue weighted by molar-refractivity contribution is -0.125. The smallest absolute Gasteiger partial charge is 0.239 e. The maximum Gasteiger partial charge on any atom is 0.239 e. The molecule has 17 heavy (non-hydrogen) atoms. The second-order valence-electron chi connectivity index (χ2n) is 4.58. The molecule has 0 aliphatic heterocycles. The summed E-state index contributed by atoms with van der Waals surface area (Å²) in [6.45, 7) is 4.99. The van der Waals surface area contributed by atoms with Crippen molar-refractivity contribution in [2.45, 2.75) is 32.4 Å². The van der Waals surface area contributed by atoms with Crippen LogP contribution in [0.5, 0.6) is 0 Å². The van der Waals surface area contributed by atoms with Gasteiger partial charge in [-0.15, -0.1) is 0 Å². The number of nitrogens with two attached hydrogens (primary N) is 1. The van der Waals surface area contributed by atoms with Gasteiger partial charge in [-0.3, -0.25) is 4.79 Å². The van der Waals surface area contributed by atoms with Gasteiger partial charge in [0.25, 0.3) is 0 Å².